The highest BCUT2D eigenvalue weighted by Crippen LogP contribution is 2.29. The smallest absolute Gasteiger partial charge is 0.223 e. The summed E-state index contributed by atoms with van der Waals surface area (Å²) in [5.74, 6) is 0.403. The molecule has 4 rings (SSSR count). The van der Waals surface area contributed by atoms with Gasteiger partial charge in [-0.15, -0.1) is 11.3 Å². The second-order valence-electron chi connectivity index (χ2n) is 7.01. The highest BCUT2D eigenvalue weighted by Gasteiger charge is 2.25. The van der Waals surface area contributed by atoms with Gasteiger partial charge >= 0.3 is 0 Å². The molecule has 5 nitrogen and oxygen atoms in total. The molecule has 0 saturated carbocycles. The van der Waals surface area contributed by atoms with Crippen molar-refractivity contribution in [2.24, 2.45) is 5.92 Å². The maximum Gasteiger partial charge on any atom is 0.223 e. The first-order valence-electron chi connectivity index (χ1n) is 9.36. The van der Waals surface area contributed by atoms with Gasteiger partial charge in [0.1, 0.15) is 0 Å². The van der Waals surface area contributed by atoms with E-state index in [4.69, 9.17) is 4.98 Å². The van der Waals surface area contributed by atoms with Crippen LogP contribution in [0.4, 0.5) is 5.13 Å². The number of hydrogen-bond donors (Lipinski definition) is 1. The number of nitrogens with zero attached hydrogens (tertiary/aromatic N) is 3. The van der Waals surface area contributed by atoms with Crippen molar-refractivity contribution in [2.45, 2.75) is 38.1 Å². The SMILES string of the molecule is O=C(NC1CCN(c2nc(-c3cccnc3)cs2)CC1)C1CC=CCC1. The molecule has 1 N–H and O–H groups in total. The Morgan fingerprint density at radius 3 is 2.85 bits per heavy atom. The first-order valence-corrected chi connectivity index (χ1v) is 10.2. The summed E-state index contributed by atoms with van der Waals surface area (Å²) in [6.45, 7) is 1.88. The molecule has 1 aliphatic heterocycles. The molecule has 1 amide bonds. The molecule has 2 aromatic rings. The Balaban J connectivity index is 1.30. The second kappa shape index (κ2) is 7.99. The van der Waals surface area contributed by atoms with Gasteiger partial charge < -0.3 is 10.2 Å². The fourth-order valence-electron chi connectivity index (χ4n) is 3.62. The molecule has 1 atom stereocenters. The fraction of sp³-hybridized carbons (Fsp3) is 0.450. The summed E-state index contributed by atoms with van der Waals surface area (Å²) in [6.07, 6.45) is 12.8. The van der Waals surface area contributed by atoms with Gasteiger partial charge in [-0.3, -0.25) is 9.78 Å². The number of carbonyl (C=O) groups excluding carboxylic acids is 1. The van der Waals surface area contributed by atoms with Crippen molar-refractivity contribution >= 4 is 22.4 Å². The van der Waals surface area contributed by atoms with Crippen LogP contribution in [0.3, 0.4) is 0 Å². The van der Waals surface area contributed by atoms with Crippen LogP contribution >= 0.6 is 11.3 Å². The zero-order chi connectivity index (χ0) is 17.8. The molecule has 1 fully saturated rings. The molecule has 26 heavy (non-hydrogen) atoms. The highest BCUT2D eigenvalue weighted by atomic mass is 32.1. The minimum absolute atomic E-state index is 0.166. The van der Waals surface area contributed by atoms with Crippen molar-refractivity contribution in [1.82, 2.24) is 15.3 Å². The average molecular weight is 369 g/mol. The van der Waals surface area contributed by atoms with Crippen molar-refractivity contribution < 1.29 is 4.79 Å². The summed E-state index contributed by atoms with van der Waals surface area (Å²) < 4.78 is 0. The van der Waals surface area contributed by atoms with E-state index in [0.717, 1.165) is 61.6 Å². The van der Waals surface area contributed by atoms with Gasteiger partial charge in [0.15, 0.2) is 5.13 Å². The van der Waals surface area contributed by atoms with Crippen LogP contribution in [0.2, 0.25) is 0 Å². The standard InChI is InChI=1S/C20H24N4OS/c25-19(15-5-2-1-3-6-15)22-17-8-11-24(12-9-17)20-23-18(14-26-20)16-7-4-10-21-13-16/h1-2,4,7,10,13-15,17H,3,5-6,8-9,11-12H2,(H,22,25). The van der Waals surface area contributed by atoms with Gasteiger partial charge in [0.2, 0.25) is 5.91 Å². The first-order chi connectivity index (χ1) is 12.8. The van der Waals surface area contributed by atoms with Gasteiger partial charge in [-0.05, 0) is 44.2 Å². The van der Waals surface area contributed by atoms with Crippen molar-refractivity contribution in [3.05, 3.63) is 42.1 Å². The zero-order valence-electron chi connectivity index (χ0n) is 14.8. The Bertz CT molecular complexity index is 765. The van der Waals surface area contributed by atoms with E-state index in [1.54, 1.807) is 17.5 Å². The molecule has 2 aromatic heterocycles. The maximum atomic E-state index is 12.4. The number of allylic oxidation sites excluding steroid dienone is 2. The predicted molar refractivity (Wildman–Crippen MR) is 105 cm³/mol. The molecule has 0 radical (unpaired) electrons. The topological polar surface area (TPSA) is 58.1 Å². The normalized spacial score (nSPS) is 20.9. The predicted octanol–water partition coefficient (Wildman–Crippen LogP) is 3.65. The van der Waals surface area contributed by atoms with Crippen LogP contribution in [-0.4, -0.2) is 35.0 Å². The summed E-state index contributed by atoms with van der Waals surface area (Å²) in [6, 6.07) is 4.26. The summed E-state index contributed by atoms with van der Waals surface area (Å²) in [7, 11) is 0. The van der Waals surface area contributed by atoms with Crippen molar-refractivity contribution in [3.8, 4) is 11.3 Å². The number of amides is 1. The molecule has 0 aromatic carbocycles. The Hall–Kier alpha value is -2.21. The van der Waals surface area contributed by atoms with Gasteiger partial charge in [-0.1, -0.05) is 12.2 Å². The molecule has 1 unspecified atom stereocenters. The number of rotatable bonds is 4. The summed E-state index contributed by atoms with van der Waals surface area (Å²) in [4.78, 5) is 23.7. The lowest BCUT2D eigenvalue weighted by Crippen LogP contribution is -2.46. The number of nitrogens with one attached hydrogen (secondary N) is 1. The third kappa shape index (κ3) is 3.96. The number of pyridine rings is 1. The van der Waals surface area contributed by atoms with E-state index in [9.17, 15) is 4.79 Å². The third-order valence-electron chi connectivity index (χ3n) is 5.20. The molecule has 1 aliphatic carbocycles. The molecule has 0 spiro atoms. The number of aromatic nitrogens is 2. The third-order valence-corrected chi connectivity index (χ3v) is 6.10. The highest BCUT2D eigenvalue weighted by molar-refractivity contribution is 7.14. The van der Waals surface area contributed by atoms with Crippen molar-refractivity contribution in [1.29, 1.82) is 0 Å². The zero-order valence-corrected chi connectivity index (χ0v) is 15.6. The molecular weight excluding hydrogens is 344 g/mol. The van der Waals surface area contributed by atoms with Crippen LogP contribution in [0, 0.1) is 5.92 Å². The van der Waals surface area contributed by atoms with E-state index in [0.29, 0.717) is 6.04 Å². The minimum atomic E-state index is 0.166. The number of anilines is 1. The molecular formula is C20H24N4OS. The van der Waals surface area contributed by atoms with E-state index in [1.165, 1.54) is 0 Å². The molecule has 136 valence electrons. The van der Waals surface area contributed by atoms with E-state index in [2.05, 4.69) is 32.7 Å². The Kier molecular flexibility index (Phi) is 5.29. The van der Waals surface area contributed by atoms with Crippen LogP contribution in [0.5, 0.6) is 0 Å². The van der Waals surface area contributed by atoms with Gasteiger partial charge in [0, 0.05) is 48.4 Å². The minimum Gasteiger partial charge on any atom is -0.353 e. The summed E-state index contributed by atoms with van der Waals surface area (Å²) in [5, 5.41) is 6.42. The van der Waals surface area contributed by atoms with Crippen LogP contribution < -0.4 is 10.2 Å². The van der Waals surface area contributed by atoms with Crippen LogP contribution in [0.25, 0.3) is 11.3 Å². The van der Waals surface area contributed by atoms with E-state index >= 15 is 0 Å². The quantitative estimate of drug-likeness (QED) is 0.837. The molecule has 6 heteroatoms. The van der Waals surface area contributed by atoms with Crippen LogP contribution in [0.15, 0.2) is 42.1 Å². The number of piperidine rings is 1. The number of thiazole rings is 1. The first kappa shape index (κ1) is 17.2. The van der Waals surface area contributed by atoms with Crippen LogP contribution in [0.1, 0.15) is 32.1 Å². The lowest BCUT2D eigenvalue weighted by molar-refractivity contribution is -0.126. The lowest BCUT2D eigenvalue weighted by Gasteiger charge is -2.33. The Morgan fingerprint density at radius 2 is 2.12 bits per heavy atom. The monoisotopic (exact) mass is 368 g/mol. The van der Waals surface area contributed by atoms with Crippen molar-refractivity contribution in [2.75, 3.05) is 18.0 Å². The average Bonchev–Trinajstić information content (AvgIpc) is 3.20. The van der Waals surface area contributed by atoms with Crippen molar-refractivity contribution in [3.63, 3.8) is 0 Å². The van der Waals surface area contributed by atoms with E-state index in [1.807, 2.05) is 18.3 Å². The maximum absolute atomic E-state index is 12.4. The second-order valence-corrected chi connectivity index (χ2v) is 7.84. The van der Waals surface area contributed by atoms with E-state index in [-0.39, 0.29) is 11.8 Å². The molecule has 1 saturated heterocycles. The van der Waals surface area contributed by atoms with Gasteiger partial charge in [0.25, 0.3) is 0 Å². The van der Waals surface area contributed by atoms with Gasteiger partial charge in [-0.25, -0.2) is 4.98 Å². The number of carbonyl (C=O) groups is 1. The Labute approximate surface area is 158 Å². The van der Waals surface area contributed by atoms with E-state index < -0.39 is 0 Å². The summed E-state index contributed by atoms with van der Waals surface area (Å²) >= 11 is 1.68. The fourth-order valence-corrected chi connectivity index (χ4v) is 4.51. The Morgan fingerprint density at radius 1 is 1.23 bits per heavy atom. The molecule has 0 bridgehead atoms. The number of hydrogen-bond acceptors (Lipinski definition) is 5. The van der Waals surface area contributed by atoms with Gasteiger partial charge in [-0.2, -0.15) is 0 Å². The molecule has 2 aliphatic rings. The molecule has 3 heterocycles. The summed E-state index contributed by atoms with van der Waals surface area (Å²) in [5.41, 5.74) is 2.04. The van der Waals surface area contributed by atoms with Crippen LogP contribution in [-0.2, 0) is 4.79 Å². The lowest BCUT2D eigenvalue weighted by atomic mass is 9.93. The van der Waals surface area contributed by atoms with Gasteiger partial charge in [0.05, 0.1) is 5.69 Å². The largest absolute Gasteiger partial charge is 0.353 e.